The van der Waals surface area contributed by atoms with E-state index in [0.717, 1.165) is 43.4 Å². The molecule has 1 aromatic heterocycles. The normalized spacial score (nSPS) is 22.2. The molecule has 2 N–H and O–H groups in total. The Labute approximate surface area is 110 Å². The molecular formula is C13H25N5. The molecule has 5 heteroatoms. The molecule has 1 aliphatic heterocycles. The van der Waals surface area contributed by atoms with Crippen LogP contribution in [0, 0.1) is 6.92 Å². The molecule has 0 aromatic carbocycles. The lowest BCUT2D eigenvalue weighted by molar-refractivity contribution is 0.336. The monoisotopic (exact) mass is 251 g/mol. The second-order valence-electron chi connectivity index (χ2n) is 5.30. The number of nitrogens with two attached hydrogens (primary N) is 1. The predicted molar refractivity (Wildman–Crippen MR) is 76.0 cm³/mol. The topological polar surface area (TPSA) is 50.3 Å². The average molecular weight is 251 g/mol. The van der Waals surface area contributed by atoms with Crippen LogP contribution in [0.2, 0.25) is 0 Å². The number of hydrogen-bond donors (Lipinski definition) is 1. The number of nitrogen functional groups attached to an aromatic ring is 1. The van der Waals surface area contributed by atoms with Gasteiger partial charge < -0.3 is 15.5 Å². The highest BCUT2D eigenvalue weighted by molar-refractivity contribution is 5.66. The number of likely N-dealkylation sites (N-methyl/N-ethyl adjacent to an activating group) is 1. The number of aromatic nitrogens is 2. The fraction of sp³-hybridized carbons (Fsp3) is 0.769. The second kappa shape index (κ2) is 5.18. The lowest BCUT2D eigenvalue weighted by atomic mass is 10.2. The Bertz CT molecular complexity index is 412. The fourth-order valence-electron chi connectivity index (χ4n) is 2.79. The third-order valence-corrected chi connectivity index (χ3v) is 3.76. The van der Waals surface area contributed by atoms with Crippen LogP contribution in [0.15, 0.2) is 0 Å². The first-order chi connectivity index (χ1) is 8.54. The van der Waals surface area contributed by atoms with Crippen LogP contribution in [0.1, 0.15) is 26.0 Å². The van der Waals surface area contributed by atoms with Crippen LogP contribution in [0.25, 0.3) is 0 Å². The summed E-state index contributed by atoms with van der Waals surface area (Å²) in [5, 5.41) is 4.52. The Morgan fingerprint density at radius 1 is 1.39 bits per heavy atom. The molecule has 0 saturated carbocycles. The quantitative estimate of drug-likeness (QED) is 0.861. The minimum Gasteiger partial charge on any atom is -0.394 e. The smallest absolute Gasteiger partial charge is 0.150 e. The van der Waals surface area contributed by atoms with Crippen molar-refractivity contribution in [2.45, 2.75) is 39.8 Å². The SMILES string of the molecule is CCn1nc(C)c(N)c1N1CCCN(C)CC1C. The van der Waals surface area contributed by atoms with Gasteiger partial charge in [0.2, 0.25) is 0 Å². The van der Waals surface area contributed by atoms with E-state index >= 15 is 0 Å². The van der Waals surface area contributed by atoms with E-state index in [-0.39, 0.29) is 0 Å². The zero-order valence-electron chi connectivity index (χ0n) is 12.0. The summed E-state index contributed by atoms with van der Waals surface area (Å²) in [5.41, 5.74) is 8.00. The van der Waals surface area contributed by atoms with Crippen molar-refractivity contribution in [2.24, 2.45) is 0 Å². The third kappa shape index (κ3) is 2.32. The molecule has 2 heterocycles. The summed E-state index contributed by atoms with van der Waals surface area (Å²) in [5.74, 6) is 1.11. The van der Waals surface area contributed by atoms with Crippen molar-refractivity contribution < 1.29 is 0 Å². The van der Waals surface area contributed by atoms with Gasteiger partial charge in [0.15, 0.2) is 5.82 Å². The zero-order chi connectivity index (χ0) is 13.3. The molecule has 5 nitrogen and oxygen atoms in total. The van der Waals surface area contributed by atoms with E-state index in [1.807, 2.05) is 11.6 Å². The fourth-order valence-corrected chi connectivity index (χ4v) is 2.79. The molecule has 1 fully saturated rings. The number of rotatable bonds is 2. The summed E-state index contributed by atoms with van der Waals surface area (Å²) < 4.78 is 2.03. The van der Waals surface area contributed by atoms with Crippen LogP contribution in [0.4, 0.5) is 11.5 Å². The molecule has 1 aromatic rings. The molecule has 0 amide bonds. The van der Waals surface area contributed by atoms with Crippen LogP contribution in [-0.2, 0) is 6.54 Å². The van der Waals surface area contributed by atoms with Gasteiger partial charge in [-0.15, -0.1) is 0 Å². The maximum absolute atomic E-state index is 6.22. The summed E-state index contributed by atoms with van der Waals surface area (Å²) in [6.45, 7) is 10.5. The van der Waals surface area contributed by atoms with Crippen molar-refractivity contribution >= 4 is 11.5 Å². The minimum absolute atomic E-state index is 0.473. The number of hydrogen-bond acceptors (Lipinski definition) is 4. The van der Waals surface area contributed by atoms with E-state index in [4.69, 9.17) is 5.73 Å². The highest BCUT2D eigenvalue weighted by atomic mass is 15.4. The van der Waals surface area contributed by atoms with Crippen LogP contribution in [-0.4, -0.2) is 47.4 Å². The van der Waals surface area contributed by atoms with Gasteiger partial charge in [0.25, 0.3) is 0 Å². The van der Waals surface area contributed by atoms with Crippen molar-refractivity contribution in [1.29, 1.82) is 0 Å². The molecule has 0 bridgehead atoms. The summed E-state index contributed by atoms with van der Waals surface area (Å²) in [7, 11) is 2.19. The molecule has 0 aliphatic carbocycles. The van der Waals surface area contributed by atoms with Gasteiger partial charge in [0, 0.05) is 25.7 Å². The molecule has 1 atom stereocenters. The summed E-state index contributed by atoms with van der Waals surface area (Å²) in [6.07, 6.45) is 1.17. The summed E-state index contributed by atoms with van der Waals surface area (Å²) in [4.78, 5) is 4.81. The molecule has 0 radical (unpaired) electrons. The number of aryl methyl sites for hydroxylation is 2. The Balaban J connectivity index is 2.34. The van der Waals surface area contributed by atoms with E-state index in [1.165, 1.54) is 6.42 Å². The highest BCUT2D eigenvalue weighted by Gasteiger charge is 2.25. The first-order valence-corrected chi connectivity index (χ1v) is 6.82. The molecule has 1 unspecified atom stereocenters. The third-order valence-electron chi connectivity index (χ3n) is 3.76. The van der Waals surface area contributed by atoms with E-state index < -0.39 is 0 Å². The minimum atomic E-state index is 0.473. The maximum Gasteiger partial charge on any atom is 0.150 e. The van der Waals surface area contributed by atoms with Gasteiger partial charge in [-0.25, -0.2) is 4.68 Å². The highest BCUT2D eigenvalue weighted by Crippen LogP contribution is 2.29. The van der Waals surface area contributed by atoms with Gasteiger partial charge in [-0.2, -0.15) is 5.10 Å². The van der Waals surface area contributed by atoms with Crippen LogP contribution in [0.5, 0.6) is 0 Å². The van der Waals surface area contributed by atoms with Crippen molar-refractivity contribution in [3.63, 3.8) is 0 Å². The molecule has 102 valence electrons. The van der Waals surface area contributed by atoms with Crippen molar-refractivity contribution in [2.75, 3.05) is 37.3 Å². The van der Waals surface area contributed by atoms with E-state index in [0.29, 0.717) is 6.04 Å². The Kier molecular flexibility index (Phi) is 3.80. The molecular weight excluding hydrogens is 226 g/mol. The molecule has 18 heavy (non-hydrogen) atoms. The van der Waals surface area contributed by atoms with Crippen LogP contribution >= 0.6 is 0 Å². The number of nitrogens with zero attached hydrogens (tertiary/aromatic N) is 4. The van der Waals surface area contributed by atoms with Gasteiger partial charge in [0.1, 0.15) is 0 Å². The molecule has 1 aliphatic rings. The van der Waals surface area contributed by atoms with Crippen molar-refractivity contribution in [3.8, 4) is 0 Å². The van der Waals surface area contributed by atoms with Crippen LogP contribution in [0.3, 0.4) is 0 Å². The van der Waals surface area contributed by atoms with Gasteiger partial charge in [-0.1, -0.05) is 0 Å². The van der Waals surface area contributed by atoms with E-state index in [2.05, 4.69) is 35.8 Å². The maximum atomic E-state index is 6.22. The van der Waals surface area contributed by atoms with Crippen molar-refractivity contribution in [1.82, 2.24) is 14.7 Å². The first-order valence-electron chi connectivity index (χ1n) is 6.82. The predicted octanol–water partition coefficient (Wildman–Crippen LogP) is 1.32. The lowest BCUT2D eigenvalue weighted by Gasteiger charge is -2.30. The van der Waals surface area contributed by atoms with Crippen molar-refractivity contribution in [3.05, 3.63) is 5.69 Å². The van der Waals surface area contributed by atoms with Gasteiger partial charge in [-0.3, -0.25) is 0 Å². The number of anilines is 2. The molecule has 1 saturated heterocycles. The Hall–Kier alpha value is -1.23. The van der Waals surface area contributed by atoms with Gasteiger partial charge in [0.05, 0.1) is 11.4 Å². The largest absolute Gasteiger partial charge is 0.394 e. The van der Waals surface area contributed by atoms with Crippen LogP contribution < -0.4 is 10.6 Å². The van der Waals surface area contributed by atoms with Gasteiger partial charge >= 0.3 is 0 Å². The molecule has 0 spiro atoms. The Morgan fingerprint density at radius 3 is 2.78 bits per heavy atom. The standard InChI is InChI=1S/C13H25N5/c1-5-18-13(12(14)11(3)15-18)17-8-6-7-16(4)9-10(17)2/h10H,5-9,14H2,1-4H3. The van der Waals surface area contributed by atoms with E-state index in [9.17, 15) is 0 Å². The summed E-state index contributed by atoms with van der Waals surface area (Å²) in [6, 6.07) is 0.473. The second-order valence-corrected chi connectivity index (χ2v) is 5.30. The zero-order valence-corrected chi connectivity index (χ0v) is 12.0. The van der Waals surface area contributed by atoms with Gasteiger partial charge in [-0.05, 0) is 40.8 Å². The average Bonchev–Trinajstić information content (AvgIpc) is 2.50. The first kappa shape index (κ1) is 13.2. The molecule has 2 rings (SSSR count). The summed E-state index contributed by atoms with van der Waals surface area (Å²) >= 11 is 0. The van der Waals surface area contributed by atoms with E-state index in [1.54, 1.807) is 0 Å². The lowest BCUT2D eigenvalue weighted by Crippen LogP contribution is -2.39. The Morgan fingerprint density at radius 2 is 2.11 bits per heavy atom.